The lowest BCUT2D eigenvalue weighted by molar-refractivity contribution is 0.792. The number of thiazole rings is 1. The molecule has 0 radical (unpaired) electrons. The van der Waals surface area contributed by atoms with Crippen molar-refractivity contribution < 1.29 is 0 Å². The number of aromatic nitrogens is 1. The first-order chi connectivity index (χ1) is 8.35. The lowest BCUT2D eigenvalue weighted by Crippen LogP contribution is -2.21. The van der Waals surface area contributed by atoms with Crippen LogP contribution in [0.1, 0.15) is 12.0 Å². The topological polar surface area (TPSA) is 60.7 Å². The van der Waals surface area contributed by atoms with Crippen molar-refractivity contribution in [2.75, 3.05) is 18.4 Å². The molecule has 0 bridgehead atoms. The van der Waals surface area contributed by atoms with Crippen molar-refractivity contribution in [1.82, 2.24) is 10.3 Å². The van der Waals surface area contributed by atoms with Crippen LogP contribution in [0.15, 0.2) is 18.2 Å². The van der Waals surface area contributed by atoms with Crippen LogP contribution in [0.4, 0.5) is 5.13 Å². The number of fused-ring (bicyclic) bond motifs is 1. The summed E-state index contributed by atoms with van der Waals surface area (Å²) < 4.78 is 1.07. The van der Waals surface area contributed by atoms with Crippen LogP contribution in [0.2, 0.25) is 0 Å². The van der Waals surface area contributed by atoms with Crippen LogP contribution in [0.5, 0.6) is 0 Å². The SMILES string of the molecule is N#Cc1ccc2nc(NC3CCNC3)sc2c1. The van der Waals surface area contributed by atoms with E-state index in [1.807, 2.05) is 18.2 Å². The minimum absolute atomic E-state index is 0.478. The molecule has 3 rings (SSSR count). The second-order valence-electron chi connectivity index (χ2n) is 4.15. The summed E-state index contributed by atoms with van der Waals surface area (Å²) in [5.41, 5.74) is 1.65. The molecule has 1 atom stereocenters. The smallest absolute Gasteiger partial charge is 0.184 e. The second kappa shape index (κ2) is 4.32. The van der Waals surface area contributed by atoms with Gasteiger partial charge in [0.1, 0.15) is 0 Å². The highest BCUT2D eigenvalue weighted by molar-refractivity contribution is 7.22. The van der Waals surface area contributed by atoms with Crippen molar-refractivity contribution in [1.29, 1.82) is 5.26 Å². The van der Waals surface area contributed by atoms with E-state index in [0.717, 1.165) is 34.9 Å². The summed E-state index contributed by atoms with van der Waals surface area (Å²) >= 11 is 1.61. The van der Waals surface area contributed by atoms with E-state index < -0.39 is 0 Å². The Morgan fingerprint density at radius 2 is 2.47 bits per heavy atom. The molecule has 86 valence electrons. The van der Waals surface area contributed by atoms with Crippen LogP contribution in [0.3, 0.4) is 0 Å². The summed E-state index contributed by atoms with van der Waals surface area (Å²) in [4.78, 5) is 4.52. The van der Waals surface area contributed by atoms with E-state index in [0.29, 0.717) is 11.6 Å². The highest BCUT2D eigenvalue weighted by Crippen LogP contribution is 2.27. The summed E-state index contributed by atoms with van der Waals surface area (Å²) in [5.74, 6) is 0. The molecular weight excluding hydrogens is 232 g/mol. The third-order valence-corrected chi connectivity index (χ3v) is 3.85. The average molecular weight is 244 g/mol. The van der Waals surface area contributed by atoms with Gasteiger partial charge >= 0.3 is 0 Å². The van der Waals surface area contributed by atoms with Crippen molar-refractivity contribution in [3.05, 3.63) is 23.8 Å². The summed E-state index contributed by atoms with van der Waals surface area (Å²) in [6.07, 6.45) is 1.14. The molecule has 0 amide bonds. The number of hydrogen-bond acceptors (Lipinski definition) is 5. The molecule has 4 nitrogen and oxygen atoms in total. The van der Waals surface area contributed by atoms with Crippen LogP contribution < -0.4 is 10.6 Å². The van der Waals surface area contributed by atoms with Crippen molar-refractivity contribution in [2.24, 2.45) is 0 Å². The van der Waals surface area contributed by atoms with Crippen molar-refractivity contribution >= 4 is 26.7 Å². The predicted octanol–water partition coefficient (Wildman–Crippen LogP) is 1.94. The van der Waals surface area contributed by atoms with Gasteiger partial charge in [0, 0.05) is 12.6 Å². The molecular formula is C12H12N4S. The minimum atomic E-state index is 0.478. The van der Waals surface area contributed by atoms with Gasteiger partial charge in [0.05, 0.1) is 21.8 Å². The van der Waals surface area contributed by atoms with Crippen molar-refractivity contribution in [2.45, 2.75) is 12.5 Å². The molecule has 1 fully saturated rings. The van der Waals surface area contributed by atoms with E-state index in [-0.39, 0.29) is 0 Å². The zero-order valence-electron chi connectivity index (χ0n) is 9.23. The molecule has 2 heterocycles. The highest BCUT2D eigenvalue weighted by atomic mass is 32.1. The summed E-state index contributed by atoms with van der Waals surface area (Å²) in [7, 11) is 0. The summed E-state index contributed by atoms with van der Waals surface area (Å²) in [6, 6.07) is 8.24. The summed E-state index contributed by atoms with van der Waals surface area (Å²) in [5, 5.41) is 16.5. The quantitative estimate of drug-likeness (QED) is 0.847. The van der Waals surface area contributed by atoms with Gasteiger partial charge in [-0.1, -0.05) is 11.3 Å². The molecule has 0 aliphatic carbocycles. The van der Waals surface area contributed by atoms with E-state index >= 15 is 0 Å². The van der Waals surface area contributed by atoms with Gasteiger partial charge in [0.2, 0.25) is 0 Å². The lowest BCUT2D eigenvalue weighted by Gasteiger charge is -2.08. The van der Waals surface area contributed by atoms with Crippen LogP contribution in [0.25, 0.3) is 10.2 Å². The Hall–Kier alpha value is -1.64. The van der Waals surface area contributed by atoms with Gasteiger partial charge in [-0.2, -0.15) is 5.26 Å². The molecule has 2 N–H and O–H groups in total. The van der Waals surface area contributed by atoms with E-state index in [9.17, 15) is 0 Å². The minimum Gasteiger partial charge on any atom is -0.357 e. The van der Waals surface area contributed by atoms with Gasteiger partial charge in [-0.15, -0.1) is 0 Å². The maximum absolute atomic E-state index is 8.84. The first kappa shape index (κ1) is 10.5. The maximum atomic E-state index is 8.84. The van der Waals surface area contributed by atoms with Gasteiger partial charge in [-0.25, -0.2) is 4.98 Å². The first-order valence-electron chi connectivity index (χ1n) is 5.63. The van der Waals surface area contributed by atoms with E-state index in [1.165, 1.54) is 0 Å². The molecule has 1 unspecified atom stereocenters. The highest BCUT2D eigenvalue weighted by Gasteiger charge is 2.15. The predicted molar refractivity (Wildman–Crippen MR) is 69.2 cm³/mol. The molecule has 17 heavy (non-hydrogen) atoms. The Morgan fingerprint density at radius 3 is 3.24 bits per heavy atom. The van der Waals surface area contributed by atoms with Crippen LogP contribution in [-0.4, -0.2) is 24.1 Å². The number of hydrogen-bond donors (Lipinski definition) is 2. The third kappa shape index (κ3) is 2.09. The molecule has 1 aromatic carbocycles. The Kier molecular flexibility index (Phi) is 2.67. The Bertz CT molecular complexity index is 578. The number of benzene rings is 1. The van der Waals surface area contributed by atoms with Crippen LogP contribution >= 0.6 is 11.3 Å². The summed E-state index contributed by atoms with van der Waals surface area (Å²) in [6.45, 7) is 2.07. The van der Waals surface area contributed by atoms with Crippen LogP contribution in [-0.2, 0) is 0 Å². The van der Waals surface area contributed by atoms with Gasteiger partial charge in [0.25, 0.3) is 0 Å². The molecule has 1 aliphatic rings. The maximum Gasteiger partial charge on any atom is 0.184 e. The van der Waals surface area contributed by atoms with Crippen molar-refractivity contribution in [3.8, 4) is 6.07 Å². The molecule has 5 heteroatoms. The van der Waals surface area contributed by atoms with Crippen LogP contribution in [0, 0.1) is 11.3 Å². The van der Waals surface area contributed by atoms with Crippen molar-refractivity contribution in [3.63, 3.8) is 0 Å². The van der Waals surface area contributed by atoms with Gasteiger partial charge in [-0.05, 0) is 31.2 Å². The second-order valence-corrected chi connectivity index (χ2v) is 5.18. The molecule has 0 spiro atoms. The third-order valence-electron chi connectivity index (χ3n) is 2.91. The number of nitrogens with one attached hydrogen (secondary N) is 2. The fourth-order valence-corrected chi connectivity index (χ4v) is 2.99. The normalized spacial score (nSPS) is 19.4. The van der Waals surface area contributed by atoms with E-state index in [4.69, 9.17) is 5.26 Å². The zero-order valence-corrected chi connectivity index (χ0v) is 10.0. The lowest BCUT2D eigenvalue weighted by atomic mass is 10.2. The zero-order chi connectivity index (χ0) is 11.7. The van der Waals surface area contributed by atoms with Gasteiger partial charge in [0.15, 0.2) is 5.13 Å². The largest absolute Gasteiger partial charge is 0.357 e. The molecule has 1 aliphatic heterocycles. The molecule has 1 saturated heterocycles. The van der Waals surface area contributed by atoms with E-state index in [1.54, 1.807) is 11.3 Å². The number of rotatable bonds is 2. The Balaban J connectivity index is 1.88. The number of nitrogens with zero attached hydrogens (tertiary/aromatic N) is 2. The van der Waals surface area contributed by atoms with Gasteiger partial charge < -0.3 is 10.6 Å². The molecule has 0 saturated carbocycles. The number of nitriles is 1. The monoisotopic (exact) mass is 244 g/mol. The molecule has 2 aromatic rings. The standard InChI is InChI=1S/C12H12N4S/c13-6-8-1-2-10-11(5-8)17-12(16-10)15-9-3-4-14-7-9/h1-2,5,9,14H,3-4,7H2,(H,15,16). The number of anilines is 1. The fraction of sp³-hybridized carbons (Fsp3) is 0.333. The van der Waals surface area contributed by atoms with Gasteiger partial charge in [-0.3, -0.25) is 0 Å². The van der Waals surface area contributed by atoms with E-state index in [2.05, 4.69) is 21.7 Å². The molecule has 1 aromatic heterocycles. The first-order valence-corrected chi connectivity index (χ1v) is 6.45. The fourth-order valence-electron chi connectivity index (χ4n) is 2.01. The Morgan fingerprint density at radius 1 is 1.53 bits per heavy atom. The average Bonchev–Trinajstić information content (AvgIpc) is 2.96. The Labute approximate surface area is 103 Å².